The first-order valence-electron chi connectivity index (χ1n) is 8.59. The van der Waals surface area contributed by atoms with Gasteiger partial charge in [0, 0.05) is 17.4 Å². The van der Waals surface area contributed by atoms with Crippen molar-refractivity contribution in [1.29, 1.82) is 0 Å². The van der Waals surface area contributed by atoms with E-state index in [0.717, 1.165) is 4.90 Å². The van der Waals surface area contributed by atoms with Crippen LogP contribution in [0.25, 0.3) is 0 Å². The Morgan fingerprint density at radius 2 is 1.85 bits per heavy atom. The summed E-state index contributed by atoms with van der Waals surface area (Å²) >= 11 is 1.35. The van der Waals surface area contributed by atoms with Crippen molar-refractivity contribution in [2.24, 2.45) is 0 Å². The lowest BCUT2D eigenvalue weighted by atomic mass is 10.1. The number of para-hydroxylation sites is 2. The predicted molar refractivity (Wildman–Crippen MR) is 105 cm³/mol. The molecule has 0 spiro atoms. The summed E-state index contributed by atoms with van der Waals surface area (Å²) in [7, 11) is 0. The molecule has 0 aliphatic carbocycles. The Morgan fingerprint density at radius 1 is 1.15 bits per heavy atom. The number of nitrogens with one attached hydrogen (secondary N) is 1. The summed E-state index contributed by atoms with van der Waals surface area (Å²) in [5, 5.41) is 2.80. The number of hydrogen-bond acceptors (Lipinski definition) is 5. The Balaban J connectivity index is 1.61. The van der Waals surface area contributed by atoms with Crippen LogP contribution in [0, 0.1) is 0 Å². The molecule has 140 valence electrons. The van der Waals surface area contributed by atoms with Crippen molar-refractivity contribution in [3.63, 3.8) is 0 Å². The Morgan fingerprint density at radius 3 is 2.63 bits per heavy atom. The second kappa shape index (κ2) is 8.73. The fourth-order valence-corrected chi connectivity index (χ4v) is 3.60. The lowest BCUT2D eigenvalue weighted by Crippen LogP contribution is -2.41. The number of benzene rings is 2. The Kier molecular flexibility index (Phi) is 6.13. The number of anilines is 2. The predicted octanol–water partition coefficient (Wildman–Crippen LogP) is 3.09. The summed E-state index contributed by atoms with van der Waals surface area (Å²) in [5.74, 6) is -0.836. The topological polar surface area (TPSA) is 75.7 Å². The van der Waals surface area contributed by atoms with Crippen LogP contribution in [0.3, 0.4) is 0 Å². The number of fused-ring (bicyclic) bond motifs is 1. The van der Waals surface area contributed by atoms with Crippen molar-refractivity contribution in [3.8, 4) is 0 Å². The average molecular weight is 384 g/mol. The van der Waals surface area contributed by atoms with Gasteiger partial charge in [0.05, 0.1) is 17.1 Å². The number of rotatable bonds is 5. The number of carbonyl (C=O) groups excluding carboxylic acids is 3. The molecule has 7 heteroatoms. The van der Waals surface area contributed by atoms with Crippen LogP contribution in [-0.4, -0.2) is 36.2 Å². The molecule has 1 heterocycles. The van der Waals surface area contributed by atoms with E-state index >= 15 is 0 Å². The highest BCUT2D eigenvalue weighted by Gasteiger charge is 2.30. The van der Waals surface area contributed by atoms with Gasteiger partial charge in [0.2, 0.25) is 5.91 Å². The van der Waals surface area contributed by atoms with Crippen LogP contribution in [0.1, 0.15) is 13.3 Å². The molecule has 2 aromatic rings. The zero-order chi connectivity index (χ0) is 19.2. The van der Waals surface area contributed by atoms with Crippen LogP contribution in [-0.2, 0) is 19.1 Å². The molecule has 0 bridgehead atoms. The van der Waals surface area contributed by atoms with E-state index in [1.807, 2.05) is 30.3 Å². The summed E-state index contributed by atoms with van der Waals surface area (Å²) in [6.07, 6.45) is 0.179. The van der Waals surface area contributed by atoms with Gasteiger partial charge >= 0.3 is 5.97 Å². The lowest BCUT2D eigenvalue weighted by molar-refractivity contribution is -0.145. The molecule has 6 nitrogen and oxygen atoms in total. The first kappa shape index (κ1) is 19.0. The molecule has 0 unspecified atom stereocenters. The van der Waals surface area contributed by atoms with Gasteiger partial charge in [-0.2, -0.15) is 0 Å². The number of amides is 2. The lowest BCUT2D eigenvalue weighted by Gasteiger charge is -2.27. The molecule has 2 aromatic carbocycles. The van der Waals surface area contributed by atoms with Gasteiger partial charge in [0.1, 0.15) is 0 Å². The van der Waals surface area contributed by atoms with Crippen LogP contribution >= 0.6 is 11.8 Å². The van der Waals surface area contributed by atoms with Crippen LogP contribution in [0.15, 0.2) is 59.5 Å². The molecule has 0 aromatic heterocycles. The van der Waals surface area contributed by atoms with Crippen molar-refractivity contribution < 1.29 is 19.1 Å². The number of ether oxygens (including phenoxy) is 1. The average Bonchev–Trinajstić information content (AvgIpc) is 2.79. The van der Waals surface area contributed by atoms with E-state index in [-0.39, 0.29) is 36.6 Å². The molecule has 27 heavy (non-hydrogen) atoms. The van der Waals surface area contributed by atoms with Gasteiger partial charge < -0.3 is 15.0 Å². The van der Waals surface area contributed by atoms with Crippen LogP contribution in [0.2, 0.25) is 0 Å². The van der Waals surface area contributed by atoms with Crippen LogP contribution in [0.4, 0.5) is 11.4 Å². The zero-order valence-corrected chi connectivity index (χ0v) is 15.7. The van der Waals surface area contributed by atoms with E-state index in [1.165, 1.54) is 16.7 Å². The highest BCUT2D eigenvalue weighted by Crippen LogP contribution is 2.31. The molecule has 0 saturated carbocycles. The second-order valence-electron chi connectivity index (χ2n) is 6.14. The van der Waals surface area contributed by atoms with Crippen molar-refractivity contribution >= 4 is 40.9 Å². The molecule has 1 aliphatic heterocycles. The third-order valence-electron chi connectivity index (χ3n) is 4.08. The molecule has 0 fully saturated rings. The van der Waals surface area contributed by atoms with Gasteiger partial charge in [-0.25, -0.2) is 0 Å². The Bertz CT molecular complexity index is 841. The maximum atomic E-state index is 12.7. The van der Waals surface area contributed by atoms with Crippen molar-refractivity contribution in [2.45, 2.75) is 24.3 Å². The maximum Gasteiger partial charge on any atom is 0.316 e. The quantitative estimate of drug-likeness (QED) is 0.633. The van der Waals surface area contributed by atoms with Crippen molar-refractivity contribution in [1.82, 2.24) is 0 Å². The summed E-state index contributed by atoms with van der Waals surface area (Å²) in [6.45, 7) is 1.44. The maximum absolute atomic E-state index is 12.7. The third kappa shape index (κ3) is 4.89. The number of thioether (sulfide) groups is 1. The van der Waals surface area contributed by atoms with E-state index in [4.69, 9.17) is 4.74 Å². The van der Waals surface area contributed by atoms with Gasteiger partial charge in [0.25, 0.3) is 5.91 Å². The molecular weight excluding hydrogens is 364 g/mol. The monoisotopic (exact) mass is 384 g/mol. The SMILES string of the molecule is C[C@@H]1CC(=O)Nc2ccccc2N1C(=O)COC(=O)CSc1ccccc1. The molecule has 0 saturated heterocycles. The van der Waals surface area contributed by atoms with Crippen LogP contribution < -0.4 is 10.2 Å². The molecule has 1 N–H and O–H groups in total. The summed E-state index contributed by atoms with van der Waals surface area (Å²) in [4.78, 5) is 39.1. The number of hydrogen-bond donors (Lipinski definition) is 1. The smallest absolute Gasteiger partial charge is 0.316 e. The molecule has 0 radical (unpaired) electrons. The van der Waals surface area contributed by atoms with Gasteiger partial charge in [-0.05, 0) is 31.2 Å². The van der Waals surface area contributed by atoms with E-state index in [9.17, 15) is 14.4 Å². The Hall–Kier alpha value is -2.80. The molecule has 1 aliphatic rings. The largest absolute Gasteiger partial charge is 0.455 e. The molecule has 1 atom stereocenters. The fourth-order valence-electron chi connectivity index (χ4n) is 2.88. The normalized spacial score (nSPS) is 16.1. The summed E-state index contributed by atoms with van der Waals surface area (Å²) < 4.78 is 5.15. The molecule has 3 rings (SSSR count). The minimum Gasteiger partial charge on any atom is -0.455 e. The fraction of sp³-hybridized carbons (Fsp3) is 0.250. The minimum atomic E-state index is -0.456. The third-order valence-corrected chi connectivity index (χ3v) is 5.07. The van der Waals surface area contributed by atoms with Crippen LogP contribution in [0.5, 0.6) is 0 Å². The molecule has 2 amide bonds. The first-order chi connectivity index (χ1) is 13.0. The highest BCUT2D eigenvalue weighted by molar-refractivity contribution is 8.00. The minimum absolute atomic E-state index is 0.128. The van der Waals surface area contributed by atoms with Gasteiger partial charge in [-0.1, -0.05) is 30.3 Å². The molecular formula is C20H20N2O4S. The van der Waals surface area contributed by atoms with E-state index in [1.54, 1.807) is 31.2 Å². The summed E-state index contributed by atoms with van der Waals surface area (Å²) in [6, 6.07) is 16.3. The van der Waals surface area contributed by atoms with Gasteiger partial charge in [0.15, 0.2) is 6.61 Å². The van der Waals surface area contributed by atoms with Crippen molar-refractivity contribution in [3.05, 3.63) is 54.6 Å². The Labute approximate surface area is 161 Å². The zero-order valence-electron chi connectivity index (χ0n) is 14.9. The number of nitrogens with zero attached hydrogens (tertiary/aromatic N) is 1. The van der Waals surface area contributed by atoms with E-state index in [2.05, 4.69) is 5.32 Å². The number of carbonyl (C=O) groups is 3. The summed E-state index contributed by atoms with van der Waals surface area (Å²) in [5.41, 5.74) is 1.18. The first-order valence-corrected chi connectivity index (χ1v) is 9.57. The standard InChI is InChI=1S/C20H20N2O4S/c1-14-11-18(23)21-16-9-5-6-10-17(16)22(14)19(24)12-26-20(25)13-27-15-7-3-2-4-8-15/h2-10,14H,11-13H2,1H3,(H,21,23)/t14-/m1/s1. The second-order valence-corrected chi connectivity index (χ2v) is 7.19. The highest BCUT2D eigenvalue weighted by atomic mass is 32.2. The van der Waals surface area contributed by atoms with Gasteiger partial charge in [-0.3, -0.25) is 14.4 Å². The van der Waals surface area contributed by atoms with E-state index in [0.29, 0.717) is 11.4 Å². The van der Waals surface area contributed by atoms with E-state index < -0.39 is 5.97 Å². The number of esters is 1. The van der Waals surface area contributed by atoms with Gasteiger partial charge in [-0.15, -0.1) is 11.8 Å². The van der Waals surface area contributed by atoms with Crippen molar-refractivity contribution in [2.75, 3.05) is 22.6 Å².